The number of carbonyl (C=O) groups excluding carboxylic acids is 1. The Balaban J connectivity index is 1.82. The summed E-state index contributed by atoms with van der Waals surface area (Å²) in [6.07, 6.45) is 0.827. The highest BCUT2D eigenvalue weighted by molar-refractivity contribution is 7.22. The molecule has 0 aliphatic rings. The number of thiazole rings is 1. The fourth-order valence-electron chi connectivity index (χ4n) is 3.15. The molecule has 0 saturated heterocycles. The van der Waals surface area contributed by atoms with Gasteiger partial charge in [0.05, 0.1) is 18.9 Å². The van der Waals surface area contributed by atoms with Gasteiger partial charge in [0, 0.05) is 6.54 Å². The third kappa shape index (κ3) is 5.65. The van der Waals surface area contributed by atoms with Crippen molar-refractivity contribution in [1.29, 1.82) is 0 Å². The summed E-state index contributed by atoms with van der Waals surface area (Å²) in [5.41, 5.74) is 1.89. The van der Waals surface area contributed by atoms with Gasteiger partial charge in [0.15, 0.2) is 11.7 Å². The average Bonchev–Trinajstić information content (AvgIpc) is 3.21. The molecule has 0 radical (unpaired) electrons. The van der Waals surface area contributed by atoms with E-state index in [1.807, 2.05) is 33.2 Å². The first-order chi connectivity index (χ1) is 14.9. The number of benzene rings is 2. The van der Waals surface area contributed by atoms with Gasteiger partial charge in [-0.05, 0) is 69.9 Å². The van der Waals surface area contributed by atoms with Gasteiger partial charge in [-0.1, -0.05) is 17.4 Å². The molecule has 0 aliphatic heterocycles. The molecule has 1 heterocycles. The van der Waals surface area contributed by atoms with Crippen molar-refractivity contribution >= 4 is 32.6 Å². The molecule has 1 aromatic heterocycles. The Labute approximate surface area is 187 Å². The molecule has 0 atom stereocenters. The molecule has 7 nitrogen and oxygen atoms in total. The summed E-state index contributed by atoms with van der Waals surface area (Å²) < 4.78 is 17.4. The monoisotopic (exact) mass is 443 g/mol. The number of aromatic nitrogens is 1. The molecule has 8 heteroatoms. The van der Waals surface area contributed by atoms with Crippen molar-refractivity contribution in [3.63, 3.8) is 0 Å². The van der Waals surface area contributed by atoms with E-state index in [4.69, 9.17) is 19.2 Å². The van der Waals surface area contributed by atoms with Crippen molar-refractivity contribution in [3.05, 3.63) is 42.0 Å². The number of methoxy groups -OCH3 is 2. The molecule has 31 heavy (non-hydrogen) atoms. The number of amides is 1. The van der Waals surface area contributed by atoms with Gasteiger partial charge in [-0.15, -0.1) is 0 Å². The first-order valence-electron chi connectivity index (χ1n) is 10.1. The molecule has 3 rings (SSSR count). The molecule has 0 unspecified atom stereocenters. The van der Waals surface area contributed by atoms with Gasteiger partial charge in [-0.25, -0.2) is 4.98 Å². The smallest absolute Gasteiger partial charge is 0.266 e. The number of hydrogen-bond acceptors (Lipinski definition) is 7. The van der Waals surface area contributed by atoms with Crippen LogP contribution in [0.4, 0.5) is 5.13 Å². The maximum atomic E-state index is 13.1. The van der Waals surface area contributed by atoms with Crippen molar-refractivity contribution in [2.45, 2.75) is 13.3 Å². The van der Waals surface area contributed by atoms with Crippen LogP contribution in [0.5, 0.6) is 17.2 Å². The van der Waals surface area contributed by atoms with E-state index in [0.717, 1.165) is 34.5 Å². The average molecular weight is 444 g/mol. The SMILES string of the molecule is COc1ccc(OCC(=O)N(CCCN(C)C)c2nc3c(OC)ccc(C)c3s2)cc1. The van der Waals surface area contributed by atoms with Gasteiger partial charge in [-0.3, -0.25) is 9.69 Å². The van der Waals surface area contributed by atoms with Crippen molar-refractivity contribution in [2.24, 2.45) is 0 Å². The topological polar surface area (TPSA) is 64.1 Å². The molecular weight excluding hydrogens is 414 g/mol. The zero-order valence-corrected chi connectivity index (χ0v) is 19.5. The molecule has 0 aliphatic carbocycles. The summed E-state index contributed by atoms with van der Waals surface area (Å²) in [5, 5.41) is 0.657. The largest absolute Gasteiger partial charge is 0.497 e. The molecule has 0 spiro atoms. The van der Waals surface area contributed by atoms with Gasteiger partial charge in [0.25, 0.3) is 5.91 Å². The van der Waals surface area contributed by atoms with Crippen LogP contribution in [0, 0.1) is 6.92 Å². The molecular formula is C23H29N3O4S. The van der Waals surface area contributed by atoms with E-state index in [2.05, 4.69) is 4.90 Å². The van der Waals surface area contributed by atoms with Crippen LogP contribution in [0.3, 0.4) is 0 Å². The fourth-order valence-corrected chi connectivity index (χ4v) is 4.24. The van der Waals surface area contributed by atoms with Crippen LogP contribution < -0.4 is 19.1 Å². The second-order valence-electron chi connectivity index (χ2n) is 7.43. The van der Waals surface area contributed by atoms with Crippen molar-refractivity contribution < 1.29 is 19.0 Å². The van der Waals surface area contributed by atoms with Crippen LogP contribution in [-0.2, 0) is 4.79 Å². The maximum absolute atomic E-state index is 13.1. The zero-order chi connectivity index (χ0) is 22.4. The Morgan fingerprint density at radius 3 is 2.35 bits per heavy atom. The highest BCUT2D eigenvalue weighted by atomic mass is 32.1. The van der Waals surface area contributed by atoms with Crippen molar-refractivity contribution in [2.75, 3.05) is 52.9 Å². The van der Waals surface area contributed by atoms with E-state index >= 15 is 0 Å². The lowest BCUT2D eigenvalue weighted by Gasteiger charge is -2.21. The third-order valence-corrected chi connectivity index (χ3v) is 6.07. The second-order valence-corrected chi connectivity index (χ2v) is 8.40. The highest BCUT2D eigenvalue weighted by Gasteiger charge is 2.22. The molecule has 2 aromatic carbocycles. The molecule has 0 fully saturated rings. The Hall–Kier alpha value is -2.84. The summed E-state index contributed by atoms with van der Waals surface area (Å²) in [5.74, 6) is 1.93. The molecule has 3 aromatic rings. The van der Waals surface area contributed by atoms with E-state index in [0.29, 0.717) is 23.2 Å². The second kappa shape index (κ2) is 10.5. The van der Waals surface area contributed by atoms with Crippen LogP contribution in [0.2, 0.25) is 0 Å². The Bertz CT molecular complexity index is 1020. The predicted octanol–water partition coefficient (Wildman–Crippen LogP) is 3.99. The lowest BCUT2D eigenvalue weighted by Crippen LogP contribution is -2.36. The van der Waals surface area contributed by atoms with Crippen LogP contribution in [0.1, 0.15) is 12.0 Å². The zero-order valence-electron chi connectivity index (χ0n) is 18.7. The van der Waals surface area contributed by atoms with Gasteiger partial charge in [-0.2, -0.15) is 0 Å². The van der Waals surface area contributed by atoms with Gasteiger partial charge < -0.3 is 19.1 Å². The van der Waals surface area contributed by atoms with E-state index < -0.39 is 0 Å². The normalized spacial score (nSPS) is 11.0. The van der Waals surface area contributed by atoms with E-state index in [1.54, 1.807) is 43.4 Å². The maximum Gasteiger partial charge on any atom is 0.266 e. The standard InChI is InChI=1S/C23H29N3O4S/c1-16-7-12-19(29-5)21-22(16)31-23(24-21)26(14-6-13-25(2)3)20(27)15-30-18-10-8-17(28-4)9-11-18/h7-12H,6,13-15H2,1-5H3. The highest BCUT2D eigenvalue weighted by Crippen LogP contribution is 2.36. The first kappa shape index (κ1) is 22.8. The van der Waals surface area contributed by atoms with Crippen LogP contribution in [-0.4, -0.2) is 63.8 Å². The quantitative estimate of drug-likeness (QED) is 0.472. The van der Waals surface area contributed by atoms with Crippen LogP contribution in [0.15, 0.2) is 36.4 Å². The summed E-state index contributed by atoms with van der Waals surface area (Å²) >= 11 is 1.50. The molecule has 166 valence electrons. The minimum atomic E-state index is -0.134. The number of carbonyl (C=O) groups is 1. The van der Waals surface area contributed by atoms with Gasteiger partial charge in [0.2, 0.25) is 0 Å². The number of hydrogen-bond donors (Lipinski definition) is 0. The summed E-state index contributed by atoms with van der Waals surface area (Å²) in [7, 11) is 7.28. The minimum absolute atomic E-state index is 0.0691. The number of rotatable bonds is 10. The third-order valence-electron chi connectivity index (χ3n) is 4.85. The summed E-state index contributed by atoms with van der Waals surface area (Å²) in [4.78, 5) is 21.7. The molecule has 0 N–H and O–H groups in total. The van der Waals surface area contributed by atoms with Gasteiger partial charge >= 0.3 is 0 Å². The first-order valence-corrected chi connectivity index (χ1v) is 10.9. The number of anilines is 1. The van der Waals surface area contributed by atoms with Gasteiger partial charge in [0.1, 0.15) is 22.8 Å². The number of ether oxygens (including phenoxy) is 3. The number of nitrogens with zero attached hydrogens (tertiary/aromatic N) is 3. The van der Waals surface area contributed by atoms with E-state index in [-0.39, 0.29) is 12.5 Å². The Kier molecular flexibility index (Phi) is 7.70. The fraction of sp³-hybridized carbons (Fsp3) is 0.391. The van der Waals surface area contributed by atoms with Crippen LogP contribution in [0.25, 0.3) is 10.2 Å². The van der Waals surface area contributed by atoms with Crippen molar-refractivity contribution in [1.82, 2.24) is 9.88 Å². The van der Waals surface area contributed by atoms with E-state index in [9.17, 15) is 4.79 Å². The van der Waals surface area contributed by atoms with E-state index in [1.165, 1.54) is 11.3 Å². The summed E-state index contributed by atoms with van der Waals surface area (Å²) in [6.45, 7) is 3.40. The van der Waals surface area contributed by atoms with Crippen LogP contribution >= 0.6 is 11.3 Å². The Morgan fingerprint density at radius 1 is 1.00 bits per heavy atom. The lowest BCUT2D eigenvalue weighted by molar-refractivity contribution is -0.120. The Morgan fingerprint density at radius 2 is 1.71 bits per heavy atom. The molecule has 1 amide bonds. The predicted molar refractivity (Wildman–Crippen MR) is 125 cm³/mol. The molecule has 0 bridgehead atoms. The minimum Gasteiger partial charge on any atom is -0.497 e. The lowest BCUT2D eigenvalue weighted by atomic mass is 10.2. The summed E-state index contributed by atoms with van der Waals surface area (Å²) in [6, 6.07) is 11.1. The number of aryl methyl sites for hydroxylation is 1. The molecule has 0 saturated carbocycles. The van der Waals surface area contributed by atoms with Crippen molar-refractivity contribution in [3.8, 4) is 17.2 Å². The number of fused-ring (bicyclic) bond motifs is 1.